The predicted molar refractivity (Wildman–Crippen MR) is 146 cm³/mol. The Balaban J connectivity index is 1.53. The van der Waals surface area contributed by atoms with Crippen molar-refractivity contribution in [3.05, 3.63) is 130 Å². The van der Waals surface area contributed by atoms with Gasteiger partial charge in [0.25, 0.3) is 0 Å². The number of aryl methyl sites for hydroxylation is 2. The molecule has 36 heavy (non-hydrogen) atoms. The molecule has 0 aliphatic heterocycles. The Morgan fingerprint density at radius 2 is 1.53 bits per heavy atom. The summed E-state index contributed by atoms with van der Waals surface area (Å²) in [6.07, 6.45) is 3.89. The van der Waals surface area contributed by atoms with Crippen molar-refractivity contribution < 1.29 is 13.2 Å². The van der Waals surface area contributed by atoms with E-state index in [9.17, 15) is 8.42 Å². The molecule has 0 heterocycles. The highest BCUT2D eigenvalue weighted by Crippen LogP contribution is 2.45. The van der Waals surface area contributed by atoms with Crippen LogP contribution in [0.4, 0.5) is 5.69 Å². The Kier molecular flexibility index (Phi) is 6.59. The summed E-state index contributed by atoms with van der Waals surface area (Å²) in [5.74, 6) is 0.880. The first-order valence-electron chi connectivity index (χ1n) is 12.3. The standard InChI is InChI=1S/C31H31NO3S/c1-31(26-12-8-13-27(22-26)32-36(2,33)34)29-14-7-6-11-24(29)15-16-25-21-28(17-18-30(25)31)35-20-19-23-9-4-3-5-10-23/h3-14,17-18,21-22,32H,15-16,19-20H2,1-2H3. The number of hydrogen-bond donors (Lipinski definition) is 1. The highest BCUT2D eigenvalue weighted by atomic mass is 32.2. The van der Waals surface area contributed by atoms with E-state index in [1.165, 1.54) is 34.1 Å². The normalized spacial score (nSPS) is 16.9. The number of benzene rings is 4. The zero-order valence-corrected chi connectivity index (χ0v) is 21.5. The first kappa shape index (κ1) is 24.1. The minimum Gasteiger partial charge on any atom is -0.493 e. The van der Waals surface area contributed by atoms with Gasteiger partial charge in [-0.2, -0.15) is 0 Å². The fourth-order valence-electron chi connectivity index (χ4n) is 5.35. The fourth-order valence-corrected chi connectivity index (χ4v) is 5.90. The van der Waals surface area contributed by atoms with Gasteiger partial charge in [0.05, 0.1) is 12.9 Å². The van der Waals surface area contributed by atoms with Gasteiger partial charge in [-0.3, -0.25) is 4.72 Å². The Morgan fingerprint density at radius 1 is 0.806 bits per heavy atom. The van der Waals surface area contributed by atoms with Crippen LogP contribution in [0.3, 0.4) is 0 Å². The van der Waals surface area contributed by atoms with Gasteiger partial charge in [0.1, 0.15) is 5.75 Å². The zero-order valence-electron chi connectivity index (χ0n) is 20.7. The number of hydrogen-bond acceptors (Lipinski definition) is 3. The zero-order chi connectivity index (χ0) is 25.2. The van der Waals surface area contributed by atoms with E-state index in [2.05, 4.69) is 84.4 Å². The molecule has 0 bridgehead atoms. The molecule has 1 unspecified atom stereocenters. The lowest BCUT2D eigenvalue weighted by Crippen LogP contribution is -2.27. The van der Waals surface area contributed by atoms with Crippen molar-refractivity contribution in [1.82, 2.24) is 0 Å². The maximum Gasteiger partial charge on any atom is 0.229 e. The van der Waals surface area contributed by atoms with Crippen molar-refractivity contribution >= 4 is 15.7 Å². The Bertz CT molecular complexity index is 1480. The van der Waals surface area contributed by atoms with Gasteiger partial charge in [0, 0.05) is 17.5 Å². The molecule has 1 N–H and O–H groups in total. The number of ether oxygens (including phenoxy) is 1. The van der Waals surface area contributed by atoms with Crippen LogP contribution in [-0.4, -0.2) is 21.3 Å². The van der Waals surface area contributed by atoms with E-state index in [1.54, 1.807) is 6.07 Å². The number of rotatable bonds is 7. The van der Waals surface area contributed by atoms with Gasteiger partial charge < -0.3 is 4.74 Å². The van der Waals surface area contributed by atoms with Crippen LogP contribution in [0.1, 0.15) is 40.3 Å². The number of sulfonamides is 1. The smallest absolute Gasteiger partial charge is 0.229 e. The molecule has 1 aliphatic rings. The lowest BCUT2D eigenvalue weighted by atomic mass is 9.69. The van der Waals surface area contributed by atoms with E-state index in [-0.39, 0.29) is 0 Å². The second kappa shape index (κ2) is 9.82. The average molecular weight is 498 g/mol. The molecule has 1 atom stereocenters. The average Bonchev–Trinajstić information content (AvgIpc) is 2.99. The highest BCUT2D eigenvalue weighted by Gasteiger charge is 2.37. The first-order valence-corrected chi connectivity index (χ1v) is 14.2. The molecule has 0 radical (unpaired) electrons. The van der Waals surface area contributed by atoms with Crippen LogP contribution in [-0.2, 0) is 34.7 Å². The van der Waals surface area contributed by atoms with Crippen LogP contribution in [0.2, 0.25) is 0 Å². The van der Waals surface area contributed by atoms with Crippen LogP contribution in [0, 0.1) is 0 Å². The van der Waals surface area contributed by atoms with E-state index in [1.807, 2.05) is 18.2 Å². The van der Waals surface area contributed by atoms with E-state index in [4.69, 9.17) is 4.74 Å². The summed E-state index contributed by atoms with van der Waals surface area (Å²) in [6, 6.07) is 33.1. The topological polar surface area (TPSA) is 55.4 Å². The Morgan fingerprint density at radius 3 is 2.33 bits per heavy atom. The van der Waals surface area contributed by atoms with Crippen LogP contribution < -0.4 is 9.46 Å². The minimum atomic E-state index is -3.37. The molecular weight excluding hydrogens is 466 g/mol. The van der Waals surface area contributed by atoms with Crippen molar-refractivity contribution in [3.63, 3.8) is 0 Å². The summed E-state index contributed by atoms with van der Waals surface area (Å²) < 4.78 is 32.6. The first-order chi connectivity index (χ1) is 17.3. The van der Waals surface area contributed by atoms with Gasteiger partial charge in [-0.15, -0.1) is 0 Å². The molecule has 5 rings (SSSR count). The molecule has 1 aliphatic carbocycles. The molecule has 0 aromatic heterocycles. The van der Waals surface area contributed by atoms with Crippen LogP contribution in [0.15, 0.2) is 97.1 Å². The molecule has 4 aromatic rings. The molecule has 4 nitrogen and oxygen atoms in total. The van der Waals surface area contributed by atoms with Gasteiger partial charge in [-0.25, -0.2) is 8.42 Å². The Hall–Kier alpha value is -3.57. The summed E-state index contributed by atoms with van der Waals surface area (Å²) in [7, 11) is -3.37. The summed E-state index contributed by atoms with van der Waals surface area (Å²) in [4.78, 5) is 0. The van der Waals surface area contributed by atoms with E-state index in [0.717, 1.165) is 30.6 Å². The number of fused-ring (bicyclic) bond motifs is 2. The summed E-state index contributed by atoms with van der Waals surface area (Å²) in [5, 5.41) is 0. The largest absolute Gasteiger partial charge is 0.493 e. The van der Waals surface area contributed by atoms with Gasteiger partial charge in [0.15, 0.2) is 0 Å². The molecule has 184 valence electrons. The fraction of sp³-hybridized carbons (Fsp3) is 0.226. The summed E-state index contributed by atoms with van der Waals surface area (Å²) >= 11 is 0. The third kappa shape index (κ3) is 5.02. The van der Waals surface area contributed by atoms with Crippen molar-refractivity contribution in [1.29, 1.82) is 0 Å². The second-order valence-corrected chi connectivity index (χ2v) is 11.4. The summed E-state index contributed by atoms with van der Waals surface area (Å²) in [5.41, 5.74) is 7.47. The van der Waals surface area contributed by atoms with Gasteiger partial charge >= 0.3 is 0 Å². The van der Waals surface area contributed by atoms with Crippen LogP contribution in [0.5, 0.6) is 5.75 Å². The van der Waals surface area contributed by atoms with Crippen molar-refractivity contribution in [2.45, 2.75) is 31.6 Å². The Labute approximate surface area is 214 Å². The molecule has 4 aromatic carbocycles. The van der Waals surface area contributed by atoms with Crippen molar-refractivity contribution in [2.24, 2.45) is 0 Å². The molecule has 5 heteroatoms. The number of nitrogens with one attached hydrogen (secondary N) is 1. The summed E-state index contributed by atoms with van der Waals surface area (Å²) in [6.45, 7) is 2.87. The van der Waals surface area contributed by atoms with Gasteiger partial charge in [-0.1, -0.05) is 72.8 Å². The van der Waals surface area contributed by atoms with Crippen LogP contribution >= 0.6 is 0 Å². The van der Waals surface area contributed by atoms with Gasteiger partial charge in [-0.05, 0) is 77.4 Å². The molecular formula is C31H31NO3S. The SMILES string of the molecule is CC1(c2cccc(NS(C)(=O)=O)c2)c2ccccc2CCc2cc(OCCc3ccccc3)ccc21. The highest BCUT2D eigenvalue weighted by molar-refractivity contribution is 7.92. The molecule has 0 fully saturated rings. The number of anilines is 1. The molecule has 0 spiro atoms. The van der Waals surface area contributed by atoms with E-state index in [0.29, 0.717) is 12.3 Å². The van der Waals surface area contributed by atoms with E-state index < -0.39 is 15.4 Å². The maximum absolute atomic E-state index is 11.9. The molecule has 0 saturated heterocycles. The minimum absolute atomic E-state index is 0.444. The predicted octanol–water partition coefficient (Wildman–Crippen LogP) is 6.13. The lowest BCUT2D eigenvalue weighted by Gasteiger charge is -2.34. The molecule has 0 saturated carbocycles. The molecule has 0 amide bonds. The lowest BCUT2D eigenvalue weighted by molar-refractivity contribution is 0.321. The van der Waals surface area contributed by atoms with Crippen LogP contribution in [0.25, 0.3) is 0 Å². The van der Waals surface area contributed by atoms with E-state index >= 15 is 0 Å². The monoisotopic (exact) mass is 497 g/mol. The third-order valence-electron chi connectivity index (χ3n) is 7.08. The van der Waals surface area contributed by atoms with Gasteiger partial charge in [0.2, 0.25) is 10.0 Å². The quantitative estimate of drug-likeness (QED) is 0.334. The van der Waals surface area contributed by atoms with Crippen molar-refractivity contribution in [2.75, 3.05) is 17.6 Å². The van der Waals surface area contributed by atoms with Crippen molar-refractivity contribution in [3.8, 4) is 5.75 Å². The third-order valence-corrected chi connectivity index (χ3v) is 7.69. The second-order valence-electron chi connectivity index (χ2n) is 9.64. The maximum atomic E-state index is 11.9.